The first-order valence-corrected chi connectivity index (χ1v) is 10.2. The van der Waals surface area contributed by atoms with Crippen molar-refractivity contribution in [3.05, 3.63) is 76.3 Å². The molecule has 0 spiro atoms. The van der Waals surface area contributed by atoms with Crippen molar-refractivity contribution < 1.29 is 18.8 Å². The molecule has 0 bridgehead atoms. The Kier molecular flexibility index (Phi) is 5.75. The lowest BCUT2D eigenvalue weighted by Gasteiger charge is -2.37. The molecule has 2 heterocycles. The van der Waals surface area contributed by atoms with E-state index in [2.05, 4.69) is 26.7 Å². The van der Waals surface area contributed by atoms with Crippen LogP contribution in [0.4, 0.5) is 14.9 Å². The first-order chi connectivity index (χ1) is 14.8. The molecule has 8 nitrogen and oxygen atoms in total. The number of fused-ring (bicyclic) bond motifs is 1. The van der Waals surface area contributed by atoms with Gasteiger partial charge in [0.1, 0.15) is 18.4 Å². The Hall–Kier alpha value is -3.24. The van der Waals surface area contributed by atoms with E-state index in [1.165, 1.54) is 29.2 Å². The molecule has 0 aliphatic carbocycles. The summed E-state index contributed by atoms with van der Waals surface area (Å²) in [7, 11) is 1.70. The topological polar surface area (TPSA) is 85.0 Å². The quantitative estimate of drug-likeness (QED) is 0.677. The molecule has 2 aliphatic heterocycles. The highest BCUT2D eigenvalue weighted by molar-refractivity contribution is 9.10. The predicted molar refractivity (Wildman–Crippen MR) is 115 cm³/mol. The fraction of sp³-hybridized carbons (Fsp3) is 0.190. The van der Waals surface area contributed by atoms with Crippen LogP contribution < -0.4 is 10.7 Å². The van der Waals surface area contributed by atoms with Crippen LogP contribution in [0.1, 0.15) is 5.56 Å². The molecule has 31 heavy (non-hydrogen) atoms. The first-order valence-electron chi connectivity index (χ1n) is 9.46. The molecular formula is C21H19BrFN5O3. The fourth-order valence-electron chi connectivity index (χ4n) is 3.47. The molecule has 0 aromatic heterocycles. The number of nitrogens with zero attached hydrogens (tertiary/aromatic N) is 3. The molecule has 0 saturated carbocycles. The summed E-state index contributed by atoms with van der Waals surface area (Å²) < 4.78 is 13.9. The molecule has 4 amide bonds. The Labute approximate surface area is 186 Å². The van der Waals surface area contributed by atoms with Gasteiger partial charge in [0.2, 0.25) is 5.91 Å². The van der Waals surface area contributed by atoms with Crippen LogP contribution in [-0.2, 0) is 16.1 Å². The summed E-state index contributed by atoms with van der Waals surface area (Å²) in [5, 5.41) is 4.34. The molecule has 2 aromatic rings. The van der Waals surface area contributed by atoms with Crippen molar-refractivity contribution in [3.63, 3.8) is 0 Å². The van der Waals surface area contributed by atoms with E-state index in [1.807, 2.05) is 6.07 Å². The summed E-state index contributed by atoms with van der Waals surface area (Å²) in [5.41, 5.74) is 4.54. The van der Waals surface area contributed by atoms with E-state index in [-0.39, 0.29) is 13.1 Å². The van der Waals surface area contributed by atoms with E-state index in [4.69, 9.17) is 0 Å². The van der Waals surface area contributed by atoms with Gasteiger partial charge in [0.05, 0.1) is 17.9 Å². The molecule has 4 rings (SSSR count). The van der Waals surface area contributed by atoms with Crippen LogP contribution >= 0.6 is 15.9 Å². The fourth-order valence-corrected chi connectivity index (χ4v) is 3.85. The second-order valence-electron chi connectivity index (χ2n) is 7.17. The number of nitrogens with one attached hydrogen (secondary N) is 2. The molecule has 10 heteroatoms. The van der Waals surface area contributed by atoms with Crippen LogP contribution in [0.3, 0.4) is 0 Å². The van der Waals surface area contributed by atoms with Gasteiger partial charge in [-0.1, -0.05) is 24.3 Å². The lowest BCUT2D eigenvalue weighted by molar-refractivity contribution is -0.133. The lowest BCUT2D eigenvalue weighted by atomic mass is 10.1. The molecule has 2 aromatic carbocycles. The first kappa shape index (κ1) is 21.0. The van der Waals surface area contributed by atoms with Crippen LogP contribution in [0.15, 0.2) is 64.9 Å². The van der Waals surface area contributed by atoms with Crippen LogP contribution in [0.2, 0.25) is 0 Å². The Balaban J connectivity index is 1.57. The summed E-state index contributed by atoms with van der Waals surface area (Å²) in [6, 6.07) is 11.3. The molecule has 1 fully saturated rings. The maximum atomic E-state index is 13.2. The average molecular weight is 488 g/mol. The number of hydrazine groups is 1. The van der Waals surface area contributed by atoms with E-state index in [0.717, 1.165) is 4.90 Å². The minimum Gasteiger partial charge on any atom is -0.324 e. The van der Waals surface area contributed by atoms with E-state index in [0.29, 0.717) is 21.4 Å². The third-order valence-corrected chi connectivity index (χ3v) is 5.64. The summed E-state index contributed by atoms with van der Waals surface area (Å²) >= 11 is 3.37. The predicted octanol–water partition coefficient (Wildman–Crippen LogP) is 2.65. The molecule has 1 saturated heterocycles. The van der Waals surface area contributed by atoms with Crippen molar-refractivity contribution in [1.82, 2.24) is 20.2 Å². The number of hydrogen-bond acceptors (Lipinski definition) is 5. The Morgan fingerprint density at radius 1 is 1.13 bits per heavy atom. The zero-order valence-electron chi connectivity index (χ0n) is 16.5. The number of benzene rings is 2. The van der Waals surface area contributed by atoms with Gasteiger partial charge >= 0.3 is 6.03 Å². The number of hydrogen-bond donors (Lipinski definition) is 2. The molecule has 1 unspecified atom stereocenters. The van der Waals surface area contributed by atoms with Crippen LogP contribution in [0.5, 0.6) is 0 Å². The van der Waals surface area contributed by atoms with Crippen molar-refractivity contribution in [3.8, 4) is 0 Å². The Morgan fingerprint density at radius 3 is 2.55 bits per heavy atom. The van der Waals surface area contributed by atoms with Crippen molar-refractivity contribution >= 4 is 39.5 Å². The zero-order valence-corrected chi connectivity index (χ0v) is 18.1. The minimum atomic E-state index is -0.792. The molecule has 1 atom stereocenters. The van der Waals surface area contributed by atoms with Crippen LogP contribution in [0, 0.1) is 5.82 Å². The second kappa shape index (κ2) is 8.48. The number of amides is 4. The number of para-hydroxylation sites is 1. The standard InChI is InChI=1S/C21H19BrFN5O3/c1-26-11-17-19(25-26)20(30)28(10-13-6-8-14(23)9-7-13)21(31)27(17)12-18(29)24-16-5-3-2-4-15(16)22/h2-9,11,19,25H,10,12H2,1H3,(H,24,29). The van der Waals surface area contributed by atoms with Gasteiger partial charge in [-0.2, -0.15) is 0 Å². The highest BCUT2D eigenvalue weighted by Crippen LogP contribution is 2.27. The summed E-state index contributed by atoms with van der Waals surface area (Å²) in [6.45, 7) is -0.305. The van der Waals surface area contributed by atoms with E-state index in [9.17, 15) is 18.8 Å². The normalized spacial score (nSPS) is 18.2. The summed E-state index contributed by atoms with van der Waals surface area (Å²) in [6.07, 6.45) is 1.61. The van der Waals surface area contributed by atoms with Crippen molar-refractivity contribution in [2.75, 3.05) is 18.9 Å². The average Bonchev–Trinajstić information content (AvgIpc) is 3.13. The number of imide groups is 1. The van der Waals surface area contributed by atoms with Gasteiger partial charge < -0.3 is 10.3 Å². The van der Waals surface area contributed by atoms with Gasteiger partial charge in [0.15, 0.2) is 0 Å². The van der Waals surface area contributed by atoms with Crippen LogP contribution in [0.25, 0.3) is 0 Å². The smallest absolute Gasteiger partial charge is 0.324 e. The molecule has 160 valence electrons. The molecule has 2 N–H and O–H groups in total. The van der Waals surface area contributed by atoms with Gasteiger partial charge in [-0.25, -0.2) is 14.6 Å². The second-order valence-corrected chi connectivity index (χ2v) is 8.03. The third kappa shape index (κ3) is 4.30. The Morgan fingerprint density at radius 2 is 1.84 bits per heavy atom. The lowest BCUT2D eigenvalue weighted by Crippen LogP contribution is -2.60. The molecule has 0 radical (unpaired) electrons. The zero-order chi connectivity index (χ0) is 22.1. The van der Waals surface area contributed by atoms with Crippen LogP contribution in [-0.4, -0.2) is 52.3 Å². The van der Waals surface area contributed by atoms with Gasteiger partial charge in [-0.3, -0.25) is 19.4 Å². The number of carbonyl (C=O) groups excluding carboxylic acids is 3. The van der Waals surface area contributed by atoms with Crippen molar-refractivity contribution in [1.29, 1.82) is 0 Å². The largest absolute Gasteiger partial charge is 0.331 e. The third-order valence-electron chi connectivity index (χ3n) is 4.94. The van der Waals surface area contributed by atoms with E-state index < -0.39 is 29.7 Å². The summed E-state index contributed by atoms with van der Waals surface area (Å²) in [5.74, 6) is -1.26. The number of halogens is 2. The number of urea groups is 1. The van der Waals surface area contributed by atoms with Gasteiger partial charge in [0, 0.05) is 17.7 Å². The highest BCUT2D eigenvalue weighted by atomic mass is 79.9. The number of rotatable bonds is 5. The molecular weight excluding hydrogens is 469 g/mol. The van der Waals surface area contributed by atoms with Gasteiger partial charge in [-0.15, -0.1) is 0 Å². The Bertz CT molecular complexity index is 1070. The molecule has 2 aliphatic rings. The van der Waals surface area contributed by atoms with Crippen molar-refractivity contribution in [2.24, 2.45) is 0 Å². The number of carbonyl (C=O) groups is 3. The highest BCUT2D eigenvalue weighted by Gasteiger charge is 2.46. The maximum absolute atomic E-state index is 13.2. The van der Waals surface area contributed by atoms with E-state index in [1.54, 1.807) is 36.5 Å². The number of anilines is 1. The maximum Gasteiger partial charge on any atom is 0.331 e. The minimum absolute atomic E-state index is 0.0323. The van der Waals surface area contributed by atoms with Gasteiger partial charge in [-0.05, 0) is 45.8 Å². The van der Waals surface area contributed by atoms with E-state index >= 15 is 0 Å². The van der Waals surface area contributed by atoms with Crippen molar-refractivity contribution in [2.45, 2.75) is 12.6 Å². The van der Waals surface area contributed by atoms with Gasteiger partial charge in [0.25, 0.3) is 5.91 Å². The SMILES string of the molecule is CN1C=C2C(N1)C(=O)N(Cc1ccc(F)cc1)C(=O)N2CC(=O)Nc1ccccc1Br. The summed E-state index contributed by atoms with van der Waals surface area (Å²) in [4.78, 5) is 41.2. The monoisotopic (exact) mass is 487 g/mol.